The van der Waals surface area contributed by atoms with Crippen LogP contribution in [0.1, 0.15) is 37.1 Å². The maximum absolute atomic E-state index is 12.4. The molecule has 1 amide bonds. The number of aromatic nitrogens is 3. The molecule has 25 heavy (non-hydrogen) atoms. The number of hydrogen-bond acceptors (Lipinski definition) is 6. The minimum absolute atomic E-state index is 0.0696. The first-order valence-corrected chi connectivity index (χ1v) is 8.89. The lowest BCUT2D eigenvalue weighted by Crippen LogP contribution is -2.38. The van der Waals surface area contributed by atoms with Gasteiger partial charge in [-0.15, -0.1) is 0 Å². The molecule has 0 atom stereocenters. The molecule has 1 aliphatic rings. The van der Waals surface area contributed by atoms with Gasteiger partial charge in [0.05, 0.1) is 17.6 Å². The largest absolute Gasteiger partial charge is 0.360 e. The van der Waals surface area contributed by atoms with Gasteiger partial charge in [0.1, 0.15) is 5.76 Å². The second-order valence-electron chi connectivity index (χ2n) is 6.58. The first-order valence-electron chi connectivity index (χ1n) is 8.89. The van der Waals surface area contributed by atoms with Gasteiger partial charge in [0, 0.05) is 19.5 Å². The van der Waals surface area contributed by atoms with Crippen molar-refractivity contribution < 1.29 is 9.32 Å². The Morgan fingerprint density at radius 1 is 1.20 bits per heavy atom. The van der Waals surface area contributed by atoms with E-state index in [1.807, 2.05) is 0 Å². The van der Waals surface area contributed by atoms with Gasteiger partial charge in [0.15, 0.2) is 5.52 Å². The summed E-state index contributed by atoms with van der Waals surface area (Å²) in [6.07, 6.45) is 4.01. The molecule has 0 spiro atoms. The Kier molecular flexibility index (Phi) is 5.47. The highest BCUT2D eigenvalue weighted by molar-refractivity contribution is 5.81. The van der Waals surface area contributed by atoms with Crippen LogP contribution in [0, 0.1) is 13.8 Å². The molecule has 0 aromatic carbocycles. The van der Waals surface area contributed by atoms with Crippen LogP contribution in [0.4, 0.5) is 0 Å². The van der Waals surface area contributed by atoms with Gasteiger partial charge in [-0.1, -0.05) is 11.6 Å². The van der Waals surface area contributed by atoms with E-state index in [9.17, 15) is 9.59 Å². The lowest BCUT2D eigenvalue weighted by Gasteiger charge is -2.26. The monoisotopic (exact) mass is 347 g/mol. The zero-order chi connectivity index (χ0) is 17.8. The Morgan fingerprint density at radius 3 is 2.72 bits per heavy atom. The SMILES string of the molecule is Cc1nn(CCC(=O)NCCN2CCCCC2)c(=O)c2noc(C)c12. The fourth-order valence-corrected chi connectivity index (χ4v) is 3.33. The number of nitrogens with one attached hydrogen (secondary N) is 1. The van der Waals surface area contributed by atoms with Crippen molar-refractivity contribution in [2.45, 2.75) is 46.1 Å². The molecule has 1 saturated heterocycles. The van der Waals surface area contributed by atoms with Crippen molar-refractivity contribution in [3.8, 4) is 0 Å². The van der Waals surface area contributed by atoms with Crippen molar-refractivity contribution in [2.75, 3.05) is 26.2 Å². The zero-order valence-corrected chi connectivity index (χ0v) is 14.9. The molecule has 3 rings (SSSR count). The van der Waals surface area contributed by atoms with Gasteiger partial charge in [-0.2, -0.15) is 5.10 Å². The van der Waals surface area contributed by atoms with E-state index < -0.39 is 0 Å². The number of nitrogens with zero attached hydrogens (tertiary/aromatic N) is 4. The molecule has 8 heteroatoms. The molecule has 0 radical (unpaired) electrons. The normalized spacial score (nSPS) is 15.6. The van der Waals surface area contributed by atoms with E-state index in [1.54, 1.807) is 13.8 Å². The Labute approximate surface area is 146 Å². The minimum atomic E-state index is -0.321. The summed E-state index contributed by atoms with van der Waals surface area (Å²) in [5, 5.41) is 11.7. The quantitative estimate of drug-likeness (QED) is 0.838. The van der Waals surface area contributed by atoms with Crippen LogP contribution in [0.25, 0.3) is 10.9 Å². The number of fused-ring (bicyclic) bond motifs is 1. The summed E-state index contributed by atoms with van der Waals surface area (Å²) in [7, 11) is 0. The lowest BCUT2D eigenvalue weighted by atomic mass is 10.1. The van der Waals surface area contributed by atoms with E-state index in [-0.39, 0.29) is 29.9 Å². The van der Waals surface area contributed by atoms with Crippen LogP contribution < -0.4 is 10.9 Å². The molecular weight excluding hydrogens is 322 g/mol. The molecule has 2 aromatic rings. The Bertz CT molecular complexity index is 804. The maximum atomic E-state index is 12.4. The second-order valence-corrected chi connectivity index (χ2v) is 6.58. The van der Waals surface area contributed by atoms with Crippen molar-refractivity contribution in [1.82, 2.24) is 25.2 Å². The van der Waals surface area contributed by atoms with Crippen LogP contribution in [0.3, 0.4) is 0 Å². The summed E-state index contributed by atoms with van der Waals surface area (Å²) in [5.41, 5.74) is 0.632. The molecular formula is C17H25N5O3. The van der Waals surface area contributed by atoms with Crippen LogP contribution in [0.5, 0.6) is 0 Å². The molecule has 1 fully saturated rings. The Morgan fingerprint density at radius 2 is 1.96 bits per heavy atom. The van der Waals surface area contributed by atoms with Gasteiger partial charge < -0.3 is 14.7 Å². The molecule has 1 aliphatic heterocycles. The summed E-state index contributed by atoms with van der Waals surface area (Å²) in [6, 6.07) is 0. The van der Waals surface area contributed by atoms with Gasteiger partial charge in [-0.3, -0.25) is 9.59 Å². The Balaban J connectivity index is 1.52. The third-order valence-corrected chi connectivity index (χ3v) is 4.68. The first-order chi connectivity index (χ1) is 12.1. The van der Waals surface area contributed by atoms with Crippen LogP contribution in [0.2, 0.25) is 0 Å². The van der Waals surface area contributed by atoms with Crippen LogP contribution in [-0.2, 0) is 11.3 Å². The number of likely N-dealkylation sites (tertiary alicyclic amines) is 1. The maximum Gasteiger partial charge on any atom is 0.296 e. The van der Waals surface area contributed by atoms with Crippen LogP contribution in [0.15, 0.2) is 9.32 Å². The van der Waals surface area contributed by atoms with Gasteiger partial charge >= 0.3 is 0 Å². The number of carbonyl (C=O) groups excluding carboxylic acids is 1. The fraction of sp³-hybridized carbons (Fsp3) is 0.647. The number of piperidine rings is 1. The van der Waals surface area contributed by atoms with Crippen LogP contribution >= 0.6 is 0 Å². The summed E-state index contributed by atoms with van der Waals surface area (Å²) >= 11 is 0. The summed E-state index contributed by atoms with van der Waals surface area (Å²) in [6.45, 7) is 7.55. The van der Waals surface area contributed by atoms with Crippen molar-refractivity contribution in [3.05, 3.63) is 21.8 Å². The average Bonchev–Trinajstić information content (AvgIpc) is 3.00. The smallest absolute Gasteiger partial charge is 0.296 e. The molecule has 0 saturated carbocycles. The van der Waals surface area contributed by atoms with E-state index >= 15 is 0 Å². The van der Waals surface area contributed by atoms with E-state index in [0.717, 1.165) is 19.6 Å². The van der Waals surface area contributed by atoms with Crippen molar-refractivity contribution in [2.24, 2.45) is 0 Å². The molecule has 0 aliphatic carbocycles. The highest BCUT2D eigenvalue weighted by atomic mass is 16.5. The third kappa shape index (κ3) is 4.07. The van der Waals surface area contributed by atoms with E-state index in [1.165, 1.54) is 23.9 Å². The number of aryl methyl sites for hydroxylation is 3. The van der Waals surface area contributed by atoms with Gasteiger partial charge in [0.2, 0.25) is 5.91 Å². The molecule has 0 bridgehead atoms. The zero-order valence-electron chi connectivity index (χ0n) is 14.9. The summed E-state index contributed by atoms with van der Waals surface area (Å²) in [5.74, 6) is 0.513. The van der Waals surface area contributed by atoms with E-state index in [0.29, 0.717) is 23.4 Å². The van der Waals surface area contributed by atoms with E-state index in [4.69, 9.17) is 4.52 Å². The highest BCUT2D eigenvalue weighted by Crippen LogP contribution is 2.16. The topological polar surface area (TPSA) is 93.3 Å². The number of amides is 1. The third-order valence-electron chi connectivity index (χ3n) is 4.68. The molecule has 2 aromatic heterocycles. The average molecular weight is 347 g/mol. The van der Waals surface area contributed by atoms with E-state index in [2.05, 4.69) is 20.5 Å². The molecule has 3 heterocycles. The highest BCUT2D eigenvalue weighted by Gasteiger charge is 2.15. The predicted molar refractivity (Wildman–Crippen MR) is 93.5 cm³/mol. The standard InChI is InChI=1S/C17H25N5O3/c1-12-15-13(2)25-20-16(15)17(24)22(19-12)10-6-14(23)18-7-11-21-8-4-3-5-9-21/h3-11H2,1-2H3,(H,18,23). The molecule has 136 valence electrons. The molecule has 1 N–H and O–H groups in total. The minimum Gasteiger partial charge on any atom is -0.360 e. The van der Waals surface area contributed by atoms with Crippen molar-refractivity contribution in [1.29, 1.82) is 0 Å². The van der Waals surface area contributed by atoms with Crippen LogP contribution in [-0.4, -0.2) is 51.9 Å². The number of hydrogen-bond donors (Lipinski definition) is 1. The predicted octanol–water partition coefficient (Wildman–Crippen LogP) is 0.994. The number of rotatable bonds is 6. The first kappa shape index (κ1) is 17.6. The van der Waals surface area contributed by atoms with Gasteiger partial charge in [-0.05, 0) is 39.8 Å². The number of carbonyl (C=O) groups is 1. The molecule has 0 unspecified atom stereocenters. The van der Waals surface area contributed by atoms with Gasteiger partial charge in [-0.25, -0.2) is 4.68 Å². The van der Waals surface area contributed by atoms with Crippen molar-refractivity contribution >= 4 is 16.8 Å². The lowest BCUT2D eigenvalue weighted by molar-refractivity contribution is -0.121. The molecule has 8 nitrogen and oxygen atoms in total. The van der Waals surface area contributed by atoms with Crippen molar-refractivity contribution in [3.63, 3.8) is 0 Å². The second kappa shape index (κ2) is 7.77. The van der Waals surface area contributed by atoms with Gasteiger partial charge in [0.25, 0.3) is 5.56 Å². The Hall–Kier alpha value is -2.22. The fourth-order valence-electron chi connectivity index (χ4n) is 3.33. The summed E-state index contributed by atoms with van der Waals surface area (Å²) in [4.78, 5) is 26.8. The summed E-state index contributed by atoms with van der Waals surface area (Å²) < 4.78 is 6.38.